The van der Waals surface area contributed by atoms with E-state index in [2.05, 4.69) is 19.1 Å². The lowest BCUT2D eigenvalue weighted by molar-refractivity contribution is -0.162. The van der Waals surface area contributed by atoms with Crippen molar-refractivity contribution in [1.29, 1.82) is 0 Å². The number of thiocarbonyl (C=S) groups is 1. The normalized spacial score (nSPS) is 22.5. The lowest BCUT2D eigenvalue weighted by Crippen LogP contribution is -2.45. The van der Waals surface area contributed by atoms with Crippen LogP contribution in [0, 0.1) is 11.8 Å². The lowest BCUT2D eigenvalue weighted by Gasteiger charge is -2.27. The molecule has 0 aromatic carbocycles. The van der Waals surface area contributed by atoms with Crippen LogP contribution in [0.15, 0.2) is 0 Å². The van der Waals surface area contributed by atoms with Gasteiger partial charge in [-0.3, -0.25) is 4.79 Å². The number of likely N-dealkylation sites (tertiary alicyclic amines) is 1. The summed E-state index contributed by atoms with van der Waals surface area (Å²) in [7, 11) is 0. The average Bonchev–Trinajstić information content (AvgIpc) is 2.48. The fourth-order valence-electron chi connectivity index (χ4n) is 2.56. The molecule has 0 aromatic heterocycles. The summed E-state index contributed by atoms with van der Waals surface area (Å²) in [6.07, 6.45) is -0.641. The molecule has 1 heterocycles. The van der Waals surface area contributed by atoms with Gasteiger partial charge in [-0.25, -0.2) is 0 Å². The molecule has 0 radical (unpaired) electrons. The van der Waals surface area contributed by atoms with Crippen LogP contribution in [0.25, 0.3) is 0 Å². The predicted molar refractivity (Wildman–Crippen MR) is 75.2 cm³/mol. The Hall–Kier alpha value is -0.850. The number of hydrogen-bond donors (Lipinski definition) is 1. The summed E-state index contributed by atoms with van der Waals surface area (Å²) in [5.41, 5.74) is 5.17. The Morgan fingerprint density at radius 3 is 2.65 bits per heavy atom. The quantitative estimate of drug-likeness (QED) is 0.794. The molecule has 0 spiro atoms. The summed E-state index contributed by atoms with van der Waals surface area (Å²) in [5, 5.41) is 0. The fourth-order valence-corrected chi connectivity index (χ4v) is 2.77. The van der Waals surface area contributed by atoms with E-state index in [1.165, 1.54) is 4.90 Å². The van der Waals surface area contributed by atoms with Gasteiger partial charge in [0.2, 0.25) is 5.91 Å². The molecule has 1 saturated heterocycles. The van der Waals surface area contributed by atoms with Crippen LogP contribution >= 0.6 is 12.2 Å². The molecule has 2 N–H and O–H groups in total. The third-order valence-electron chi connectivity index (χ3n) is 3.76. The minimum atomic E-state index is -4.50. The van der Waals surface area contributed by atoms with E-state index >= 15 is 0 Å². The zero-order valence-electron chi connectivity index (χ0n) is 11.6. The summed E-state index contributed by atoms with van der Waals surface area (Å²) in [5.74, 6) is -1.72. The van der Waals surface area contributed by atoms with Gasteiger partial charge in [0.05, 0.1) is 4.99 Å². The summed E-state index contributed by atoms with van der Waals surface area (Å²) in [4.78, 5) is 12.6. The highest BCUT2D eigenvalue weighted by molar-refractivity contribution is 7.80. The first-order chi connectivity index (χ1) is 9.25. The van der Waals surface area contributed by atoms with Gasteiger partial charge in [0, 0.05) is 19.5 Å². The molecule has 1 aliphatic rings. The van der Waals surface area contributed by atoms with Gasteiger partial charge in [0.25, 0.3) is 0 Å². The van der Waals surface area contributed by atoms with Gasteiger partial charge in [-0.05, 0) is 18.8 Å². The second-order valence-corrected chi connectivity index (χ2v) is 5.79. The van der Waals surface area contributed by atoms with Crippen molar-refractivity contribution in [1.82, 2.24) is 4.90 Å². The van der Waals surface area contributed by atoms with E-state index in [0.717, 1.165) is 25.7 Å². The van der Waals surface area contributed by atoms with Crippen molar-refractivity contribution in [2.45, 2.75) is 45.2 Å². The number of amides is 1. The zero-order valence-corrected chi connectivity index (χ0v) is 12.4. The van der Waals surface area contributed by atoms with Crippen molar-refractivity contribution in [2.75, 3.05) is 13.1 Å². The standard InChI is InChI=1S/C13H21F3N2OS/c1-2-3-9-4-5-11(19)18(7-6-9)8-10(12(17)20)13(14,15)16/h9-10H,2-8H2,1H3,(H2,17,20). The molecular weight excluding hydrogens is 289 g/mol. The van der Waals surface area contributed by atoms with Crippen molar-refractivity contribution in [3.8, 4) is 0 Å². The number of nitrogens with two attached hydrogens (primary N) is 1. The van der Waals surface area contributed by atoms with Gasteiger partial charge in [0.1, 0.15) is 5.92 Å². The van der Waals surface area contributed by atoms with Gasteiger partial charge >= 0.3 is 6.18 Å². The molecule has 116 valence electrons. The largest absolute Gasteiger partial charge is 0.399 e. The third kappa shape index (κ3) is 4.92. The molecule has 0 aliphatic carbocycles. The van der Waals surface area contributed by atoms with Gasteiger partial charge in [-0.2, -0.15) is 13.2 Å². The highest BCUT2D eigenvalue weighted by Crippen LogP contribution is 2.29. The van der Waals surface area contributed by atoms with Crippen molar-refractivity contribution in [2.24, 2.45) is 17.6 Å². The molecule has 3 nitrogen and oxygen atoms in total. The maximum Gasteiger partial charge on any atom is 0.399 e. The smallest absolute Gasteiger partial charge is 0.393 e. The minimum Gasteiger partial charge on any atom is -0.393 e. The van der Waals surface area contributed by atoms with Crippen molar-refractivity contribution in [3.63, 3.8) is 0 Å². The maximum atomic E-state index is 12.8. The molecule has 0 bridgehead atoms. The molecule has 20 heavy (non-hydrogen) atoms. The number of nitrogens with zero attached hydrogens (tertiary/aromatic N) is 1. The van der Waals surface area contributed by atoms with Crippen LogP contribution in [0.2, 0.25) is 0 Å². The molecule has 0 aromatic rings. The lowest BCUT2D eigenvalue weighted by atomic mass is 9.96. The van der Waals surface area contributed by atoms with Crippen LogP contribution in [0.5, 0.6) is 0 Å². The van der Waals surface area contributed by atoms with Gasteiger partial charge in [-0.15, -0.1) is 0 Å². The maximum absolute atomic E-state index is 12.8. The summed E-state index contributed by atoms with van der Waals surface area (Å²) in [6.45, 7) is 1.98. The topological polar surface area (TPSA) is 46.3 Å². The van der Waals surface area contributed by atoms with E-state index < -0.39 is 23.6 Å². The van der Waals surface area contributed by atoms with E-state index in [-0.39, 0.29) is 5.91 Å². The first-order valence-electron chi connectivity index (χ1n) is 6.89. The number of hydrogen-bond acceptors (Lipinski definition) is 2. The van der Waals surface area contributed by atoms with E-state index in [9.17, 15) is 18.0 Å². The molecule has 0 saturated carbocycles. The second kappa shape index (κ2) is 7.24. The van der Waals surface area contributed by atoms with Gasteiger partial charge in [0.15, 0.2) is 0 Å². The molecule has 1 fully saturated rings. The molecule has 2 atom stereocenters. The molecule has 7 heteroatoms. The molecule has 1 aliphatic heterocycles. The number of carbonyl (C=O) groups excluding carboxylic acids is 1. The second-order valence-electron chi connectivity index (χ2n) is 5.32. The summed E-state index contributed by atoms with van der Waals surface area (Å²) in [6, 6.07) is 0. The highest BCUT2D eigenvalue weighted by atomic mass is 32.1. The van der Waals surface area contributed by atoms with E-state index in [0.29, 0.717) is 18.9 Å². The number of halogens is 3. The van der Waals surface area contributed by atoms with E-state index in [1.54, 1.807) is 0 Å². The Morgan fingerprint density at radius 2 is 2.15 bits per heavy atom. The average molecular weight is 310 g/mol. The number of alkyl halides is 3. The number of rotatable bonds is 5. The Morgan fingerprint density at radius 1 is 1.50 bits per heavy atom. The molecule has 1 amide bonds. The Kier molecular flexibility index (Phi) is 6.23. The first-order valence-corrected chi connectivity index (χ1v) is 7.30. The molecular formula is C13H21F3N2OS. The van der Waals surface area contributed by atoms with Crippen LogP contribution < -0.4 is 5.73 Å². The van der Waals surface area contributed by atoms with Crippen LogP contribution in [-0.4, -0.2) is 35.1 Å². The van der Waals surface area contributed by atoms with Gasteiger partial charge in [-0.1, -0.05) is 32.0 Å². The van der Waals surface area contributed by atoms with E-state index in [1.807, 2.05) is 0 Å². The summed E-state index contributed by atoms with van der Waals surface area (Å²) >= 11 is 4.49. The monoisotopic (exact) mass is 310 g/mol. The zero-order chi connectivity index (χ0) is 15.3. The van der Waals surface area contributed by atoms with Crippen LogP contribution in [0.4, 0.5) is 13.2 Å². The van der Waals surface area contributed by atoms with Gasteiger partial charge < -0.3 is 10.6 Å². The summed E-state index contributed by atoms with van der Waals surface area (Å²) < 4.78 is 38.5. The molecule has 2 unspecified atom stereocenters. The highest BCUT2D eigenvalue weighted by Gasteiger charge is 2.43. The fraction of sp³-hybridized carbons (Fsp3) is 0.846. The minimum absolute atomic E-state index is 0.228. The molecule has 1 rings (SSSR count). The van der Waals surface area contributed by atoms with Crippen molar-refractivity contribution < 1.29 is 18.0 Å². The Labute approximate surface area is 122 Å². The Balaban J connectivity index is 2.70. The third-order valence-corrected chi connectivity index (χ3v) is 4.05. The Bertz CT molecular complexity index is 360. The van der Waals surface area contributed by atoms with Crippen molar-refractivity contribution >= 4 is 23.1 Å². The first kappa shape index (κ1) is 17.2. The van der Waals surface area contributed by atoms with E-state index in [4.69, 9.17) is 5.73 Å². The van der Waals surface area contributed by atoms with Crippen LogP contribution in [0.3, 0.4) is 0 Å². The number of carbonyl (C=O) groups is 1. The van der Waals surface area contributed by atoms with Crippen molar-refractivity contribution in [3.05, 3.63) is 0 Å². The predicted octanol–water partition coefficient (Wildman–Crippen LogP) is 2.88. The van der Waals surface area contributed by atoms with Crippen LogP contribution in [-0.2, 0) is 4.79 Å². The SMILES string of the molecule is CCCC1CCC(=O)N(CC(C(N)=S)C(F)(F)F)CC1. The van der Waals surface area contributed by atoms with Crippen LogP contribution in [0.1, 0.15) is 39.0 Å².